The minimum Gasteiger partial charge on any atom is -0.310 e. The van der Waals surface area contributed by atoms with Gasteiger partial charge in [0.25, 0.3) is 0 Å². The molecule has 1 N–H and O–H groups in total. The number of carbonyl (C=O) groups is 1. The molecule has 1 fully saturated rings. The monoisotopic (exact) mass is 311 g/mol. The molecule has 1 saturated heterocycles. The van der Waals surface area contributed by atoms with Gasteiger partial charge in [0.15, 0.2) is 0 Å². The van der Waals surface area contributed by atoms with Gasteiger partial charge in [0, 0.05) is 25.2 Å². The Kier molecular flexibility index (Phi) is 4.95. The molecule has 1 aliphatic heterocycles. The topological polar surface area (TPSA) is 79.4 Å². The third-order valence-corrected chi connectivity index (χ3v) is 5.63. The van der Waals surface area contributed by atoms with E-state index in [0.717, 1.165) is 5.56 Å². The molecule has 0 aliphatic carbocycles. The summed E-state index contributed by atoms with van der Waals surface area (Å²) < 4.78 is 25.0. The van der Waals surface area contributed by atoms with Crippen molar-refractivity contribution in [2.75, 3.05) is 24.2 Å². The average Bonchev–Trinajstić information content (AvgIpc) is 2.47. The van der Waals surface area contributed by atoms with Gasteiger partial charge in [-0.25, -0.2) is 17.7 Å². The molecular weight excluding hydrogens is 290 g/mol. The predicted octanol–water partition coefficient (Wildman–Crippen LogP) is 1.39. The molecule has 7 heteroatoms. The second-order valence-electron chi connectivity index (χ2n) is 5.28. The molecule has 2 heterocycles. The van der Waals surface area contributed by atoms with Gasteiger partial charge in [-0.05, 0) is 44.4 Å². The number of nitrogens with one attached hydrogen (secondary N) is 1. The van der Waals surface area contributed by atoms with E-state index in [1.165, 1.54) is 4.31 Å². The maximum Gasteiger partial charge on any atom is 0.228 e. The second-order valence-corrected chi connectivity index (χ2v) is 7.54. The molecule has 0 unspecified atom stereocenters. The van der Waals surface area contributed by atoms with Crippen LogP contribution in [0.2, 0.25) is 0 Å². The largest absolute Gasteiger partial charge is 0.310 e. The molecule has 0 spiro atoms. The van der Waals surface area contributed by atoms with Crippen molar-refractivity contribution in [1.82, 2.24) is 9.29 Å². The number of rotatable bonds is 4. The zero-order chi connectivity index (χ0) is 15.5. The van der Waals surface area contributed by atoms with Crippen molar-refractivity contribution in [3.05, 3.63) is 23.9 Å². The quantitative estimate of drug-likeness (QED) is 0.911. The number of carbonyl (C=O) groups excluding carboxylic acids is 1. The van der Waals surface area contributed by atoms with Crippen molar-refractivity contribution in [3.8, 4) is 0 Å². The van der Waals surface area contributed by atoms with Crippen LogP contribution in [0.3, 0.4) is 0 Å². The number of sulfonamides is 1. The van der Waals surface area contributed by atoms with Crippen LogP contribution in [0, 0.1) is 12.8 Å². The minimum absolute atomic E-state index is 0.0818. The first-order chi connectivity index (χ1) is 9.92. The Morgan fingerprint density at radius 3 is 2.67 bits per heavy atom. The van der Waals surface area contributed by atoms with E-state index in [2.05, 4.69) is 10.3 Å². The number of amides is 1. The van der Waals surface area contributed by atoms with E-state index >= 15 is 0 Å². The lowest BCUT2D eigenvalue weighted by molar-refractivity contribution is -0.120. The summed E-state index contributed by atoms with van der Waals surface area (Å²) >= 11 is 0. The Labute approximate surface area is 125 Å². The lowest BCUT2D eigenvalue weighted by Gasteiger charge is -2.30. The van der Waals surface area contributed by atoms with Crippen molar-refractivity contribution < 1.29 is 13.2 Å². The molecule has 21 heavy (non-hydrogen) atoms. The summed E-state index contributed by atoms with van der Waals surface area (Å²) in [6, 6.07) is 3.68. The molecule has 0 saturated carbocycles. The lowest BCUT2D eigenvalue weighted by atomic mass is 9.97. The number of anilines is 1. The standard InChI is InChI=1S/C14H21N3O3S/c1-3-21(19,20)17-8-5-12(6-9-17)14(18)16-13-10-11(2)4-7-15-13/h4,7,10,12H,3,5-6,8-9H2,1-2H3,(H,15,16,18). The molecule has 1 aromatic heterocycles. The highest BCUT2D eigenvalue weighted by Crippen LogP contribution is 2.21. The van der Waals surface area contributed by atoms with Gasteiger partial charge in [-0.3, -0.25) is 4.79 Å². The molecule has 116 valence electrons. The maximum atomic E-state index is 12.2. The first-order valence-electron chi connectivity index (χ1n) is 7.13. The van der Waals surface area contributed by atoms with Gasteiger partial charge in [-0.2, -0.15) is 0 Å². The molecule has 6 nitrogen and oxygen atoms in total. The number of aromatic nitrogens is 1. The van der Waals surface area contributed by atoms with Crippen LogP contribution < -0.4 is 5.32 Å². The maximum absolute atomic E-state index is 12.2. The van der Waals surface area contributed by atoms with E-state index in [1.807, 2.05) is 19.1 Å². The van der Waals surface area contributed by atoms with Crippen LogP contribution in [-0.2, 0) is 14.8 Å². The third-order valence-electron chi connectivity index (χ3n) is 3.75. The Morgan fingerprint density at radius 2 is 2.10 bits per heavy atom. The lowest BCUT2D eigenvalue weighted by Crippen LogP contribution is -2.42. The Balaban J connectivity index is 1.92. The van der Waals surface area contributed by atoms with E-state index in [1.54, 1.807) is 13.1 Å². The van der Waals surface area contributed by atoms with E-state index < -0.39 is 10.0 Å². The van der Waals surface area contributed by atoms with Gasteiger partial charge in [-0.1, -0.05) is 0 Å². The van der Waals surface area contributed by atoms with Crippen LogP contribution in [0.15, 0.2) is 18.3 Å². The molecule has 1 amide bonds. The number of nitrogens with zero attached hydrogens (tertiary/aromatic N) is 2. The first-order valence-corrected chi connectivity index (χ1v) is 8.74. The highest BCUT2D eigenvalue weighted by atomic mass is 32.2. The van der Waals surface area contributed by atoms with E-state index in [9.17, 15) is 13.2 Å². The molecule has 1 aliphatic rings. The summed E-state index contributed by atoms with van der Waals surface area (Å²) in [7, 11) is -3.15. The fourth-order valence-corrected chi connectivity index (χ4v) is 3.54. The summed E-state index contributed by atoms with van der Waals surface area (Å²) in [5, 5.41) is 2.80. The Morgan fingerprint density at radius 1 is 1.43 bits per heavy atom. The predicted molar refractivity (Wildman–Crippen MR) is 81.4 cm³/mol. The van der Waals surface area contributed by atoms with Gasteiger partial charge in [0.2, 0.25) is 15.9 Å². The Hall–Kier alpha value is -1.47. The van der Waals surface area contributed by atoms with Crippen molar-refractivity contribution in [3.63, 3.8) is 0 Å². The van der Waals surface area contributed by atoms with Crippen molar-refractivity contribution in [1.29, 1.82) is 0 Å². The van der Waals surface area contributed by atoms with Crippen molar-refractivity contribution in [2.24, 2.45) is 5.92 Å². The van der Waals surface area contributed by atoms with E-state index in [0.29, 0.717) is 31.7 Å². The SMILES string of the molecule is CCS(=O)(=O)N1CCC(C(=O)Nc2cc(C)ccn2)CC1. The normalized spacial score (nSPS) is 17.6. The number of hydrogen-bond acceptors (Lipinski definition) is 4. The molecule has 1 aromatic rings. The molecular formula is C14H21N3O3S. The summed E-state index contributed by atoms with van der Waals surface area (Å²) in [6.07, 6.45) is 2.76. The van der Waals surface area contributed by atoms with Crippen LogP contribution in [0.25, 0.3) is 0 Å². The van der Waals surface area contributed by atoms with Gasteiger partial charge in [0.1, 0.15) is 5.82 Å². The van der Waals surface area contributed by atoms with Crippen LogP contribution in [0.5, 0.6) is 0 Å². The zero-order valence-corrected chi connectivity index (χ0v) is 13.2. The van der Waals surface area contributed by atoms with Crippen LogP contribution in [0.1, 0.15) is 25.3 Å². The first kappa shape index (κ1) is 15.9. The smallest absolute Gasteiger partial charge is 0.228 e. The fraction of sp³-hybridized carbons (Fsp3) is 0.571. The highest BCUT2D eigenvalue weighted by molar-refractivity contribution is 7.89. The molecule has 0 bridgehead atoms. The number of pyridine rings is 1. The average molecular weight is 311 g/mol. The number of aryl methyl sites for hydroxylation is 1. The van der Waals surface area contributed by atoms with Gasteiger partial charge >= 0.3 is 0 Å². The van der Waals surface area contributed by atoms with E-state index in [4.69, 9.17) is 0 Å². The van der Waals surface area contributed by atoms with Crippen LogP contribution in [0.4, 0.5) is 5.82 Å². The van der Waals surface area contributed by atoms with Crippen LogP contribution in [-0.4, -0.2) is 42.5 Å². The van der Waals surface area contributed by atoms with E-state index in [-0.39, 0.29) is 17.6 Å². The van der Waals surface area contributed by atoms with Crippen molar-refractivity contribution in [2.45, 2.75) is 26.7 Å². The fourth-order valence-electron chi connectivity index (χ4n) is 2.41. The number of piperidine rings is 1. The van der Waals surface area contributed by atoms with Gasteiger partial charge in [0.05, 0.1) is 5.75 Å². The zero-order valence-electron chi connectivity index (χ0n) is 12.4. The Bertz CT molecular complexity index is 608. The third kappa shape index (κ3) is 4.01. The molecule has 0 radical (unpaired) electrons. The summed E-state index contributed by atoms with van der Waals surface area (Å²) in [4.78, 5) is 16.3. The highest BCUT2D eigenvalue weighted by Gasteiger charge is 2.30. The molecule has 2 rings (SSSR count). The van der Waals surface area contributed by atoms with Crippen molar-refractivity contribution >= 4 is 21.7 Å². The molecule has 0 aromatic carbocycles. The summed E-state index contributed by atoms with van der Waals surface area (Å²) in [6.45, 7) is 4.40. The second kappa shape index (κ2) is 6.53. The van der Waals surface area contributed by atoms with Gasteiger partial charge < -0.3 is 5.32 Å². The minimum atomic E-state index is -3.15. The van der Waals surface area contributed by atoms with Gasteiger partial charge in [-0.15, -0.1) is 0 Å². The molecule has 0 atom stereocenters. The summed E-state index contributed by atoms with van der Waals surface area (Å²) in [5.41, 5.74) is 1.03. The number of hydrogen-bond donors (Lipinski definition) is 1. The van der Waals surface area contributed by atoms with Crippen LogP contribution >= 0.6 is 0 Å². The summed E-state index contributed by atoms with van der Waals surface area (Å²) in [5.74, 6) is 0.415.